The van der Waals surface area contributed by atoms with Gasteiger partial charge < -0.3 is 5.73 Å². The van der Waals surface area contributed by atoms with Gasteiger partial charge in [0.2, 0.25) is 0 Å². The maximum absolute atomic E-state index is 12.1. The minimum Gasteiger partial charge on any atom is -0.322 e. The zero-order chi connectivity index (χ0) is 9.14. The Balaban J connectivity index is 0.00000144. The second-order valence-corrected chi connectivity index (χ2v) is 3.70. The molecule has 1 atom stereocenters. The summed E-state index contributed by atoms with van der Waals surface area (Å²) in [5, 5.41) is 0.602. The van der Waals surface area contributed by atoms with Gasteiger partial charge in [0.15, 0.2) is 0 Å². The fraction of sp³-hybridized carbons (Fsp3) is 0.250. The van der Waals surface area contributed by atoms with E-state index in [0.717, 1.165) is 10.0 Å². The molecule has 5 heteroatoms. The van der Waals surface area contributed by atoms with Gasteiger partial charge >= 0.3 is 0 Å². The van der Waals surface area contributed by atoms with Crippen LogP contribution < -0.4 is 5.73 Å². The molecule has 0 aromatic heterocycles. The summed E-state index contributed by atoms with van der Waals surface area (Å²) in [6.45, 7) is -0.561. The maximum atomic E-state index is 12.1. The summed E-state index contributed by atoms with van der Waals surface area (Å²) in [5.74, 6) is 0. The van der Waals surface area contributed by atoms with E-state index >= 15 is 0 Å². The molecule has 0 amide bonds. The third-order valence-corrected chi connectivity index (χ3v) is 2.75. The lowest BCUT2D eigenvalue weighted by Crippen LogP contribution is -2.11. The Bertz CT molecular complexity index is 283. The molecule has 0 aliphatic heterocycles. The van der Waals surface area contributed by atoms with Gasteiger partial charge in [0.25, 0.3) is 0 Å². The van der Waals surface area contributed by atoms with Gasteiger partial charge in [0.05, 0.1) is 11.1 Å². The summed E-state index contributed by atoms with van der Waals surface area (Å²) in [4.78, 5) is 0. The van der Waals surface area contributed by atoms with E-state index in [-0.39, 0.29) is 12.4 Å². The van der Waals surface area contributed by atoms with E-state index < -0.39 is 12.7 Å². The molecule has 13 heavy (non-hydrogen) atoms. The second kappa shape index (κ2) is 5.81. The van der Waals surface area contributed by atoms with E-state index in [9.17, 15) is 4.39 Å². The molecule has 0 fully saturated rings. The molecule has 0 aliphatic carbocycles. The third kappa shape index (κ3) is 3.43. The Labute approximate surface area is 96.0 Å². The van der Waals surface area contributed by atoms with Crippen molar-refractivity contribution >= 4 is 39.9 Å². The maximum Gasteiger partial charge on any atom is 0.109 e. The van der Waals surface area contributed by atoms with Crippen LogP contribution in [0.4, 0.5) is 4.39 Å². The van der Waals surface area contributed by atoms with Crippen LogP contribution in [0.1, 0.15) is 11.6 Å². The van der Waals surface area contributed by atoms with Gasteiger partial charge in [-0.25, -0.2) is 4.39 Å². The largest absolute Gasteiger partial charge is 0.322 e. The highest BCUT2D eigenvalue weighted by molar-refractivity contribution is 9.10. The van der Waals surface area contributed by atoms with Crippen LogP contribution in [0, 0.1) is 0 Å². The lowest BCUT2D eigenvalue weighted by Gasteiger charge is -2.07. The van der Waals surface area contributed by atoms with Gasteiger partial charge in [0.1, 0.15) is 6.67 Å². The summed E-state index contributed by atoms with van der Waals surface area (Å²) < 4.78 is 12.9. The molecule has 0 saturated heterocycles. The van der Waals surface area contributed by atoms with E-state index in [1.54, 1.807) is 18.2 Å². The minimum absolute atomic E-state index is 0. The summed E-state index contributed by atoms with van der Waals surface area (Å²) in [6, 6.07) is 4.58. The first-order valence-electron chi connectivity index (χ1n) is 3.41. The summed E-state index contributed by atoms with van der Waals surface area (Å²) >= 11 is 8.98. The van der Waals surface area contributed by atoms with Crippen molar-refractivity contribution in [3.05, 3.63) is 33.3 Å². The number of nitrogens with two attached hydrogens (primary N) is 1. The molecular weight excluding hydrogens is 280 g/mol. The zero-order valence-corrected chi connectivity index (χ0v) is 9.79. The molecule has 1 nitrogen and oxygen atoms in total. The summed E-state index contributed by atoms with van der Waals surface area (Å²) in [5.41, 5.74) is 6.22. The van der Waals surface area contributed by atoms with E-state index in [1.165, 1.54) is 0 Å². The number of hydrogen-bond donors (Lipinski definition) is 1. The fourth-order valence-electron chi connectivity index (χ4n) is 0.832. The standard InChI is InChI=1S/C8H8BrClFN.ClH/c9-6-3-5(8(12)4-11)1-2-7(6)10;/h1-3,8H,4,12H2;1H/t8-;/m1./s1. The van der Waals surface area contributed by atoms with E-state index in [2.05, 4.69) is 15.9 Å². The highest BCUT2D eigenvalue weighted by Gasteiger charge is 2.06. The first-order valence-corrected chi connectivity index (χ1v) is 4.58. The van der Waals surface area contributed by atoms with Crippen molar-refractivity contribution in [2.45, 2.75) is 6.04 Å². The van der Waals surface area contributed by atoms with Gasteiger partial charge in [-0.2, -0.15) is 0 Å². The number of benzene rings is 1. The smallest absolute Gasteiger partial charge is 0.109 e. The van der Waals surface area contributed by atoms with Gasteiger partial charge in [0, 0.05) is 4.47 Å². The molecule has 0 bridgehead atoms. The minimum atomic E-state index is -0.561. The quantitative estimate of drug-likeness (QED) is 0.886. The Kier molecular flexibility index (Phi) is 5.88. The van der Waals surface area contributed by atoms with Crippen LogP contribution in [-0.2, 0) is 0 Å². The van der Waals surface area contributed by atoms with Gasteiger partial charge in [-0.3, -0.25) is 0 Å². The van der Waals surface area contributed by atoms with Crippen LogP contribution in [0.5, 0.6) is 0 Å². The SMILES string of the molecule is Cl.N[C@H](CF)c1ccc(Cl)c(Br)c1. The van der Waals surface area contributed by atoms with Crippen LogP contribution >= 0.6 is 39.9 Å². The molecule has 74 valence electrons. The van der Waals surface area contributed by atoms with E-state index in [0.29, 0.717) is 5.02 Å². The van der Waals surface area contributed by atoms with Gasteiger partial charge in [-0.05, 0) is 33.6 Å². The summed E-state index contributed by atoms with van der Waals surface area (Å²) in [6.07, 6.45) is 0. The van der Waals surface area contributed by atoms with Gasteiger partial charge in [-0.1, -0.05) is 17.7 Å². The van der Waals surface area contributed by atoms with E-state index in [1.807, 2.05) is 0 Å². The lowest BCUT2D eigenvalue weighted by atomic mass is 10.1. The Morgan fingerprint density at radius 1 is 1.54 bits per heavy atom. The predicted octanol–water partition coefficient (Wildman–Crippen LogP) is 3.49. The third-order valence-electron chi connectivity index (χ3n) is 1.54. The van der Waals surface area contributed by atoms with Crippen molar-refractivity contribution in [3.63, 3.8) is 0 Å². The number of alkyl halides is 1. The molecule has 1 rings (SSSR count). The van der Waals surface area contributed by atoms with Gasteiger partial charge in [-0.15, -0.1) is 12.4 Å². The second-order valence-electron chi connectivity index (χ2n) is 2.43. The fourth-order valence-corrected chi connectivity index (χ4v) is 1.35. The highest BCUT2D eigenvalue weighted by Crippen LogP contribution is 2.25. The average molecular weight is 289 g/mol. The Morgan fingerprint density at radius 3 is 2.62 bits per heavy atom. The normalized spacial score (nSPS) is 12.0. The molecule has 0 spiro atoms. The molecule has 0 saturated carbocycles. The number of hydrogen-bond acceptors (Lipinski definition) is 1. The average Bonchev–Trinajstić information content (AvgIpc) is 2.08. The highest BCUT2D eigenvalue weighted by atomic mass is 79.9. The summed E-state index contributed by atoms with van der Waals surface area (Å²) in [7, 11) is 0. The lowest BCUT2D eigenvalue weighted by molar-refractivity contribution is 0.437. The molecule has 0 radical (unpaired) electrons. The van der Waals surface area contributed by atoms with Crippen molar-refractivity contribution in [2.75, 3.05) is 6.67 Å². The zero-order valence-electron chi connectivity index (χ0n) is 6.64. The van der Waals surface area contributed by atoms with Crippen molar-refractivity contribution in [1.82, 2.24) is 0 Å². The van der Waals surface area contributed by atoms with Crippen LogP contribution in [0.15, 0.2) is 22.7 Å². The molecule has 1 aromatic carbocycles. The Hall–Kier alpha value is 0.170. The van der Waals surface area contributed by atoms with Crippen LogP contribution in [0.3, 0.4) is 0 Å². The van der Waals surface area contributed by atoms with Crippen LogP contribution in [0.2, 0.25) is 5.02 Å². The molecule has 2 N–H and O–H groups in total. The first-order chi connectivity index (χ1) is 5.65. The van der Waals surface area contributed by atoms with Crippen molar-refractivity contribution in [3.8, 4) is 0 Å². The molecule has 0 heterocycles. The number of rotatable bonds is 2. The van der Waals surface area contributed by atoms with Crippen molar-refractivity contribution < 1.29 is 4.39 Å². The topological polar surface area (TPSA) is 26.0 Å². The predicted molar refractivity (Wildman–Crippen MR) is 59.3 cm³/mol. The molecule has 0 aliphatic rings. The first kappa shape index (κ1) is 13.2. The molecular formula is C8H9BrCl2FN. The van der Waals surface area contributed by atoms with E-state index in [4.69, 9.17) is 17.3 Å². The van der Waals surface area contributed by atoms with Crippen molar-refractivity contribution in [1.29, 1.82) is 0 Å². The van der Waals surface area contributed by atoms with Crippen molar-refractivity contribution in [2.24, 2.45) is 5.73 Å². The number of halogens is 4. The Morgan fingerprint density at radius 2 is 2.15 bits per heavy atom. The molecule has 1 aromatic rings. The van der Waals surface area contributed by atoms with Crippen LogP contribution in [-0.4, -0.2) is 6.67 Å². The molecule has 0 unspecified atom stereocenters. The monoisotopic (exact) mass is 287 g/mol. The van der Waals surface area contributed by atoms with Crippen LogP contribution in [0.25, 0.3) is 0 Å².